The second-order valence-electron chi connectivity index (χ2n) is 9.23. The van der Waals surface area contributed by atoms with Gasteiger partial charge in [0.05, 0.1) is 0 Å². The Hall–Kier alpha value is -1.79. The number of piperazine rings is 1. The molecule has 0 radical (unpaired) electrons. The largest absolute Gasteiger partial charge is 0.368 e. The van der Waals surface area contributed by atoms with Crippen LogP contribution in [0.15, 0.2) is 24.3 Å². The molecule has 1 aromatic carbocycles. The Labute approximate surface area is 172 Å². The molecule has 0 atom stereocenters. The van der Waals surface area contributed by atoms with Crippen molar-refractivity contribution in [3.05, 3.63) is 29.3 Å². The van der Waals surface area contributed by atoms with E-state index in [9.17, 15) is 9.59 Å². The number of rotatable bonds is 2. The molecule has 7 heteroatoms. The summed E-state index contributed by atoms with van der Waals surface area (Å²) in [5, 5.41) is 7.26. The first-order valence-corrected chi connectivity index (χ1v) is 10.3. The summed E-state index contributed by atoms with van der Waals surface area (Å²) in [4.78, 5) is 29.1. The lowest BCUT2D eigenvalue weighted by Crippen LogP contribution is -2.63. The van der Waals surface area contributed by atoms with Crippen LogP contribution in [0.25, 0.3) is 0 Å². The number of hydrogen-bond donors (Lipinski definition) is 2. The molecule has 2 saturated heterocycles. The number of anilines is 1. The Kier molecular flexibility index (Phi) is 5.92. The van der Waals surface area contributed by atoms with Gasteiger partial charge in [0, 0.05) is 54.0 Å². The van der Waals surface area contributed by atoms with Crippen LogP contribution in [0, 0.1) is 0 Å². The first-order valence-electron chi connectivity index (χ1n) is 9.94. The van der Waals surface area contributed by atoms with Crippen LogP contribution < -0.4 is 15.5 Å². The highest BCUT2D eigenvalue weighted by molar-refractivity contribution is 6.35. The zero-order valence-electron chi connectivity index (χ0n) is 17.2. The fourth-order valence-corrected chi connectivity index (χ4v) is 4.84. The monoisotopic (exact) mass is 406 g/mol. The molecule has 0 saturated carbocycles. The first kappa shape index (κ1) is 20.9. The van der Waals surface area contributed by atoms with Gasteiger partial charge in [-0.3, -0.25) is 9.59 Å². The molecule has 2 aliphatic rings. The Bertz CT molecular complexity index is 726. The molecule has 2 aliphatic heterocycles. The average Bonchev–Trinajstić information content (AvgIpc) is 2.58. The van der Waals surface area contributed by atoms with Gasteiger partial charge in [-0.2, -0.15) is 0 Å². The van der Waals surface area contributed by atoms with Gasteiger partial charge in [0.1, 0.15) is 0 Å². The zero-order valence-corrected chi connectivity index (χ0v) is 18.0. The molecular formula is C21H31ClN4O2. The maximum atomic E-state index is 12.7. The van der Waals surface area contributed by atoms with Crippen molar-refractivity contribution in [3.8, 4) is 0 Å². The number of benzene rings is 1. The predicted molar refractivity (Wildman–Crippen MR) is 113 cm³/mol. The van der Waals surface area contributed by atoms with Gasteiger partial charge in [0.25, 0.3) is 0 Å². The minimum absolute atomic E-state index is 0.00421. The van der Waals surface area contributed by atoms with Crippen LogP contribution in [0.3, 0.4) is 0 Å². The lowest BCUT2D eigenvalue weighted by molar-refractivity contribution is -0.146. The molecule has 154 valence electrons. The van der Waals surface area contributed by atoms with E-state index in [1.165, 1.54) is 0 Å². The fraction of sp³-hybridized carbons (Fsp3) is 0.619. The van der Waals surface area contributed by atoms with Crippen LogP contribution in [0.1, 0.15) is 40.5 Å². The van der Waals surface area contributed by atoms with E-state index in [2.05, 4.69) is 43.2 Å². The third kappa shape index (κ3) is 5.17. The molecule has 0 aliphatic carbocycles. The summed E-state index contributed by atoms with van der Waals surface area (Å²) in [6.45, 7) is 10.9. The number of carbonyl (C=O) groups excluding carboxylic acids is 2. The van der Waals surface area contributed by atoms with Crippen molar-refractivity contribution in [3.63, 3.8) is 0 Å². The molecule has 3 rings (SSSR count). The number of carbonyl (C=O) groups is 2. The molecule has 0 aromatic heterocycles. The summed E-state index contributed by atoms with van der Waals surface area (Å²) in [5.74, 6) is -0.922. The molecule has 2 N–H and O–H groups in total. The van der Waals surface area contributed by atoms with Gasteiger partial charge in [-0.1, -0.05) is 17.7 Å². The number of piperidine rings is 1. The van der Waals surface area contributed by atoms with Crippen molar-refractivity contribution >= 4 is 29.1 Å². The van der Waals surface area contributed by atoms with Crippen molar-refractivity contribution in [1.29, 1.82) is 0 Å². The van der Waals surface area contributed by atoms with E-state index in [0.29, 0.717) is 31.2 Å². The molecule has 2 amide bonds. The average molecular weight is 407 g/mol. The van der Waals surface area contributed by atoms with Crippen LogP contribution in [0.4, 0.5) is 5.69 Å². The van der Waals surface area contributed by atoms with Gasteiger partial charge >= 0.3 is 11.8 Å². The van der Waals surface area contributed by atoms with Gasteiger partial charge in [0.15, 0.2) is 0 Å². The zero-order chi connectivity index (χ0) is 20.5. The lowest BCUT2D eigenvalue weighted by atomic mass is 9.79. The minimum atomic E-state index is -0.491. The molecule has 1 aromatic rings. The summed E-state index contributed by atoms with van der Waals surface area (Å²) < 4.78 is 0. The Morgan fingerprint density at radius 3 is 2.25 bits per heavy atom. The second-order valence-corrected chi connectivity index (χ2v) is 9.67. The summed E-state index contributed by atoms with van der Waals surface area (Å²) in [5.41, 5.74) is 0.889. The summed E-state index contributed by atoms with van der Waals surface area (Å²) >= 11 is 6.07. The fourth-order valence-electron chi connectivity index (χ4n) is 4.66. The van der Waals surface area contributed by atoms with Crippen LogP contribution >= 0.6 is 11.6 Å². The predicted octanol–water partition coefficient (Wildman–Crippen LogP) is 2.41. The van der Waals surface area contributed by atoms with Gasteiger partial charge in [-0.15, -0.1) is 0 Å². The van der Waals surface area contributed by atoms with Crippen molar-refractivity contribution in [1.82, 2.24) is 15.5 Å². The van der Waals surface area contributed by atoms with Gasteiger partial charge in [-0.25, -0.2) is 0 Å². The third-order valence-corrected chi connectivity index (χ3v) is 5.69. The summed E-state index contributed by atoms with van der Waals surface area (Å²) in [6, 6.07) is 7.70. The molecule has 0 spiro atoms. The van der Waals surface area contributed by atoms with Crippen LogP contribution in [-0.2, 0) is 9.59 Å². The van der Waals surface area contributed by atoms with Crippen LogP contribution in [0.5, 0.6) is 0 Å². The van der Waals surface area contributed by atoms with E-state index >= 15 is 0 Å². The number of amides is 2. The molecule has 2 heterocycles. The van der Waals surface area contributed by atoms with E-state index < -0.39 is 11.8 Å². The standard InChI is InChI=1S/C21H31ClN4O2/c1-20(2)13-16(14-21(3,4)24-20)23-18(27)19(28)26-10-8-25(9-11-26)17-7-5-6-15(22)12-17/h5-7,12,16,24H,8-11,13-14H2,1-4H3,(H,23,27). The number of nitrogens with zero attached hydrogens (tertiary/aromatic N) is 2. The van der Waals surface area contributed by atoms with E-state index in [4.69, 9.17) is 11.6 Å². The van der Waals surface area contributed by atoms with E-state index in [0.717, 1.165) is 18.5 Å². The first-order chi connectivity index (χ1) is 13.0. The maximum Gasteiger partial charge on any atom is 0.312 e. The Morgan fingerprint density at radius 2 is 1.68 bits per heavy atom. The van der Waals surface area contributed by atoms with Gasteiger partial charge < -0.3 is 20.4 Å². The Balaban J connectivity index is 1.54. The van der Waals surface area contributed by atoms with E-state index in [1.54, 1.807) is 4.90 Å². The Morgan fingerprint density at radius 1 is 1.07 bits per heavy atom. The van der Waals surface area contributed by atoms with Crippen molar-refractivity contribution in [2.24, 2.45) is 0 Å². The second kappa shape index (κ2) is 7.91. The molecule has 0 bridgehead atoms. The number of halogens is 1. The van der Waals surface area contributed by atoms with E-state index in [1.807, 2.05) is 24.3 Å². The van der Waals surface area contributed by atoms with Crippen LogP contribution in [-0.4, -0.2) is 60.0 Å². The summed E-state index contributed by atoms with van der Waals surface area (Å²) in [6.07, 6.45) is 1.61. The highest BCUT2D eigenvalue weighted by atomic mass is 35.5. The third-order valence-electron chi connectivity index (χ3n) is 5.46. The highest BCUT2D eigenvalue weighted by Crippen LogP contribution is 2.28. The van der Waals surface area contributed by atoms with Crippen molar-refractivity contribution in [2.75, 3.05) is 31.1 Å². The number of nitrogens with one attached hydrogen (secondary N) is 2. The van der Waals surface area contributed by atoms with Gasteiger partial charge in [0.2, 0.25) is 0 Å². The van der Waals surface area contributed by atoms with Crippen LogP contribution in [0.2, 0.25) is 5.02 Å². The van der Waals surface area contributed by atoms with E-state index in [-0.39, 0.29) is 17.1 Å². The summed E-state index contributed by atoms with van der Waals surface area (Å²) in [7, 11) is 0. The molecule has 0 unspecified atom stereocenters. The minimum Gasteiger partial charge on any atom is -0.368 e. The van der Waals surface area contributed by atoms with Gasteiger partial charge in [-0.05, 0) is 58.7 Å². The molecule has 28 heavy (non-hydrogen) atoms. The quantitative estimate of drug-likeness (QED) is 0.740. The highest BCUT2D eigenvalue weighted by Gasteiger charge is 2.39. The maximum absolute atomic E-state index is 12.7. The lowest BCUT2D eigenvalue weighted by Gasteiger charge is -2.46. The SMILES string of the molecule is CC1(C)CC(NC(=O)C(=O)N2CCN(c3cccc(Cl)c3)CC2)CC(C)(C)N1. The van der Waals surface area contributed by atoms with Crippen molar-refractivity contribution in [2.45, 2.75) is 57.7 Å². The van der Waals surface area contributed by atoms with Crippen molar-refractivity contribution < 1.29 is 9.59 Å². The normalized spacial score (nSPS) is 22.0. The molecular weight excluding hydrogens is 376 g/mol. The smallest absolute Gasteiger partial charge is 0.312 e. The number of hydrogen-bond acceptors (Lipinski definition) is 4. The topological polar surface area (TPSA) is 64.7 Å². The molecule has 6 nitrogen and oxygen atoms in total. The molecule has 2 fully saturated rings.